The molecule has 25 heavy (non-hydrogen) atoms. The van der Waals surface area contributed by atoms with Gasteiger partial charge in [0.25, 0.3) is 5.56 Å². The smallest absolute Gasteiger partial charge is 0.331 e. The normalized spacial score (nSPS) is 11.3. The van der Waals surface area contributed by atoms with Crippen LogP contribution < -0.4 is 20.7 Å². The Morgan fingerprint density at radius 3 is 2.24 bits per heavy atom. The molecular formula is C17H25N3O5. The number of methoxy groups -OCH3 is 2. The Hall–Kier alpha value is -2.32. The number of fused-ring (bicyclic) bond motifs is 1. The lowest BCUT2D eigenvalue weighted by Gasteiger charge is -2.17. The highest BCUT2D eigenvalue weighted by atomic mass is 16.5. The van der Waals surface area contributed by atoms with Crippen LogP contribution in [-0.4, -0.2) is 60.6 Å². The zero-order valence-electron chi connectivity index (χ0n) is 15.1. The third kappa shape index (κ3) is 3.85. The molecule has 2 aromatic rings. The van der Waals surface area contributed by atoms with Gasteiger partial charge in [-0.3, -0.25) is 13.9 Å². The minimum atomic E-state index is -0.445. The van der Waals surface area contributed by atoms with E-state index in [1.807, 2.05) is 19.0 Å². The first-order valence-corrected chi connectivity index (χ1v) is 8.09. The van der Waals surface area contributed by atoms with Crippen molar-refractivity contribution in [2.24, 2.45) is 0 Å². The summed E-state index contributed by atoms with van der Waals surface area (Å²) in [4.78, 5) is 27.5. The molecule has 1 heterocycles. The van der Waals surface area contributed by atoms with Crippen molar-refractivity contribution < 1.29 is 14.6 Å². The second kappa shape index (κ2) is 8.17. The Morgan fingerprint density at radius 1 is 1.04 bits per heavy atom. The lowest BCUT2D eigenvalue weighted by molar-refractivity contribution is 0.270. The first-order chi connectivity index (χ1) is 11.9. The second-order valence-corrected chi connectivity index (χ2v) is 6.00. The maximum atomic E-state index is 12.8. The van der Waals surface area contributed by atoms with Gasteiger partial charge >= 0.3 is 5.69 Å². The maximum Gasteiger partial charge on any atom is 0.331 e. The third-order valence-electron chi connectivity index (χ3n) is 4.04. The van der Waals surface area contributed by atoms with Gasteiger partial charge in [0.2, 0.25) is 0 Å². The first-order valence-electron chi connectivity index (χ1n) is 8.09. The largest absolute Gasteiger partial charge is 0.493 e. The quantitative estimate of drug-likeness (QED) is 0.727. The van der Waals surface area contributed by atoms with Crippen molar-refractivity contribution in [3.05, 3.63) is 33.0 Å². The van der Waals surface area contributed by atoms with E-state index in [4.69, 9.17) is 9.47 Å². The molecule has 0 aliphatic rings. The molecule has 0 aliphatic carbocycles. The molecule has 0 amide bonds. The summed E-state index contributed by atoms with van der Waals surface area (Å²) in [5, 5.41) is 9.56. The van der Waals surface area contributed by atoms with Gasteiger partial charge in [-0.15, -0.1) is 0 Å². The van der Waals surface area contributed by atoms with E-state index >= 15 is 0 Å². The molecule has 8 nitrogen and oxygen atoms in total. The standard InChI is InChI=1S/C17H25N3O5/c1-18(2)6-5-7-19-13-11-15(25-4)14(24-3)10-12(13)16(22)20(8-9-21)17(19)23/h10-11,21H,5-9H2,1-4H3. The van der Waals surface area contributed by atoms with Crippen LogP contribution in [0.15, 0.2) is 21.7 Å². The molecule has 0 aliphatic heterocycles. The van der Waals surface area contributed by atoms with E-state index in [9.17, 15) is 14.7 Å². The van der Waals surface area contributed by atoms with Crippen LogP contribution in [0.4, 0.5) is 0 Å². The molecule has 1 N–H and O–H groups in total. The average molecular weight is 351 g/mol. The van der Waals surface area contributed by atoms with Crippen LogP contribution in [0.3, 0.4) is 0 Å². The van der Waals surface area contributed by atoms with E-state index < -0.39 is 11.2 Å². The van der Waals surface area contributed by atoms with Crippen LogP contribution in [0, 0.1) is 0 Å². The molecule has 0 saturated carbocycles. The van der Waals surface area contributed by atoms with Gasteiger partial charge in [-0.05, 0) is 33.1 Å². The zero-order chi connectivity index (χ0) is 18.6. The number of hydrogen-bond acceptors (Lipinski definition) is 6. The SMILES string of the molecule is COc1cc2c(=O)n(CCO)c(=O)n(CCCN(C)C)c2cc1OC. The van der Waals surface area contributed by atoms with Crippen molar-refractivity contribution in [3.8, 4) is 11.5 Å². The number of hydrogen-bond donors (Lipinski definition) is 1. The first kappa shape index (κ1) is 19.0. The van der Waals surface area contributed by atoms with Gasteiger partial charge in [0.15, 0.2) is 11.5 Å². The molecule has 0 bridgehead atoms. The van der Waals surface area contributed by atoms with Gasteiger partial charge in [-0.1, -0.05) is 0 Å². The minimum absolute atomic E-state index is 0.0460. The van der Waals surface area contributed by atoms with Crippen LogP contribution in [0.5, 0.6) is 11.5 Å². The number of rotatable bonds is 8. The minimum Gasteiger partial charge on any atom is -0.493 e. The van der Waals surface area contributed by atoms with Crippen LogP contribution in [0.1, 0.15) is 6.42 Å². The average Bonchev–Trinajstić information content (AvgIpc) is 2.60. The zero-order valence-corrected chi connectivity index (χ0v) is 15.1. The fourth-order valence-electron chi connectivity index (χ4n) is 2.80. The van der Waals surface area contributed by atoms with Crippen LogP contribution in [0.25, 0.3) is 10.9 Å². The molecule has 0 radical (unpaired) electrons. The molecule has 2 rings (SSSR count). The highest BCUT2D eigenvalue weighted by Gasteiger charge is 2.16. The Kier molecular flexibility index (Phi) is 6.22. The fourth-order valence-corrected chi connectivity index (χ4v) is 2.80. The Morgan fingerprint density at radius 2 is 1.68 bits per heavy atom. The summed E-state index contributed by atoms with van der Waals surface area (Å²) in [5.74, 6) is 0.871. The van der Waals surface area contributed by atoms with E-state index in [2.05, 4.69) is 0 Å². The summed E-state index contributed by atoms with van der Waals surface area (Å²) in [6.45, 7) is 0.927. The van der Waals surface area contributed by atoms with Gasteiger partial charge in [0.1, 0.15) is 0 Å². The van der Waals surface area contributed by atoms with E-state index in [-0.39, 0.29) is 13.2 Å². The van der Waals surface area contributed by atoms with Crippen molar-refractivity contribution in [1.29, 1.82) is 0 Å². The summed E-state index contributed by atoms with van der Waals surface area (Å²) in [6, 6.07) is 3.22. The monoisotopic (exact) mass is 351 g/mol. The number of ether oxygens (including phenoxy) is 2. The Labute approximate surface area is 145 Å². The molecule has 1 aromatic heterocycles. The number of nitrogens with zero attached hydrogens (tertiary/aromatic N) is 3. The van der Waals surface area contributed by atoms with Gasteiger partial charge in [-0.2, -0.15) is 0 Å². The lowest BCUT2D eigenvalue weighted by Crippen LogP contribution is -2.41. The van der Waals surface area contributed by atoms with E-state index in [1.54, 1.807) is 16.7 Å². The van der Waals surface area contributed by atoms with Gasteiger partial charge in [-0.25, -0.2) is 4.79 Å². The highest BCUT2D eigenvalue weighted by molar-refractivity contribution is 5.82. The Bertz CT molecular complexity index is 854. The molecule has 8 heteroatoms. The predicted molar refractivity (Wildman–Crippen MR) is 95.8 cm³/mol. The van der Waals surface area contributed by atoms with Gasteiger partial charge < -0.3 is 19.5 Å². The number of aryl methyl sites for hydroxylation is 1. The molecule has 0 saturated heterocycles. The summed E-state index contributed by atoms with van der Waals surface area (Å²) in [5.41, 5.74) is -0.378. The van der Waals surface area contributed by atoms with Gasteiger partial charge in [0, 0.05) is 12.6 Å². The second-order valence-electron chi connectivity index (χ2n) is 6.00. The summed E-state index contributed by atoms with van der Waals surface area (Å²) in [7, 11) is 6.91. The van der Waals surface area contributed by atoms with Crippen LogP contribution >= 0.6 is 0 Å². The third-order valence-corrected chi connectivity index (χ3v) is 4.04. The van der Waals surface area contributed by atoms with Crippen molar-refractivity contribution in [2.75, 3.05) is 41.5 Å². The van der Waals surface area contributed by atoms with Crippen molar-refractivity contribution >= 4 is 10.9 Å². The lowest BCUT2D eigenvalue weighted by atomic mass is 10.2. The summed E-state index contributed by atoms with van der Waals surface area (Å²) in [6.07, 6.45) is 0.744. The number of aliphatic hydroxyl groups excluding tert-OH is 1. The molecule has 0 atom stereocenters. The summed E-state index contributed by atoms with van der Waals surface area (Å²) < 4.78 is 13.2. The number of aromatic nitrogens is 2. The van der Waals surface area contributed by atoms with Crippen molar-refractivity contribution in [3.63, 3.8) is 0 Å². The molecular weight excluding hydrogens is 326 g/mol. The number of aliphatic hydroxyl groups is 1. The van der Waals surface area contributed by atoms with E-state index in [0.717, 1.165) is 17.5 Å². The number of benzene rings is 1. The maximum absolute atomic E-state index is 12.8. The predicted octanol–water partition coefficient (Wildman–Crippen LogP) is 0.124. The van der Waals surface area contributed by atoms with Crippen LogP contribution in [0.2, 0.25) is 0 Å². The molecule has 0 fully saturated rings. The van der Waals surface area contributed by atoms with E-state index in [0.29, 0.717) is 28.9 Å². The fraction of sp³-hybridized carbons (Fsp3) is 0.529. The molecule has 138 valence electrons. The molecule has 0 unspecified atom stereocenters. The highest BCUT2D eigenvalue weighted by Crippen LogP contribution is 2.30. The van der Waals surface area contributed by atoms with Crippen molar-refractivity contribution in [2.45, 2.75) is 19.5 Å². The molecule has 0 spiro atoms. The summed E-state index contributed by atoms with van der Waals surface area (Å²) >= 11 is 0. The van der Waals surface area contributed by atoms with E-state index in [1.165, 1.54) is 14.2 Å². The van der Waals surface area contributed by atoms with Gasteiger partial charge in [0.05, 0.1) is 38.3 Å². The van der Waals surface area contributed by atoms with Crippen molar-refractivity contribution in [1.82, 2.24) is 14.0 Å². The Balaban J connectivity index is 2.73. The van der Waals surface area contributed by atoms with Crippen LogP contribution in [-0.2, 0) is 13.1 Å². The topological polar surface area (TPSA) is 85.9 Å². The molecule has 1 aromatic carbocycles.